The summed E-state index contributed by atoms with van der Waals surface area (Å²) in [4.78, 5) is 27.4. The highest BCUT2D eigenvalue weighted by atomic mass is 16.5. The van der Waals surface area contributed by atoms with E-state index < -0.39 is 0 Å². The van der Waals surface area contributed by atoms with Gasteiger partial charge in [0.25, 0.3) is 0 Å². The van der Waals surface area contributed by atoms with Crippen molar-refractivity contribution in [2.24, 2.45) is 5.92 Å². The van der Waals surface area contributed by atoms with Gasteiger partial charge in [0.2, 0.25) is 11.8 Å². The standard InChI is InChI=1S/C21H30N4O4/c1-24-17-11-14(5-6-15(17)25-16(21(24)27)8-9-23-25)20(26)22-12-13-4-7-18(28-2)19(10-13)29-3/h4,7,10,14-17,23H,5-6,8-9,11-12H2,1-3H3,(H,22,26). The molecule has 2 heterocycles. The van der Waals surface area contributed by atoms with Crippen LogP contribution >= 0.6 is 0 Å². The second kappa shape index (κ2) is 8.20. The SMILES string of the molecule is COc1ccc(CNC(=O)C2CCC3C(C2)N(C)C(=O)C2CCNN23)cc1OC. The van der Waals surface area contributed by atoms with E-state index in [4.69, 9.17) is 9.47 Å². The molecular formula is C21H30N4O4. The van der Waals surface area contributed by atoms with Crippen molar-refractivity contribution >= 4 is 11.8 Å². The number of ether oxygens (including phenoxy) is 2. The minimum atomic E-state index is -0.0780. The van der Waals surface area contributed by atoms with Gasteiger partial charge in [-0.05, 0) is 43.4 Å². The van der Waals surface area contributed by atoms with Crippen molar-refractivity contribution in [3.8, 4) is 11.5 Å². The van der Waals surface area contributed by atoms with E-state index >= 15 is 0 Å². The van der Waals surface area contributed by atoms with Gasteiger partial charge in [-0.25, -0.2) is 5.01 Å². The summed E-state index contributed by atoms with van der Waals surface area (Å²) in [5.74, 6) is 1.46. The Labute approximate surface area is 171 Å². The van der Waals surface area contributed by atoms with Crippen LogP contribution in [0.1, 0.15) is 31.2 Å². The molecule has 0 spiro atoms. The molecule has 29 heavy (non-hydrogen) atoms. The first-order chi connectivity index (χ1) is 14.0. The summed E-state index contributed by atoms with van der Waals surface area (Å²) >= 11 is 0. The van der Waals surface area contributed by atoms with Gasteiger partial charge in [-0.15, -0.1) is 0 Å². The molecule has 4 unspecified atom stereocenters. The molecular weight excluding hydrogens is 372 g/mol. The first kappa shape index (κ1) is 20.0. The Bertz CT molecular complexity index is 786. The number of nitrogens with zero attached hydrogens (tertiary/aromatic N) is 2. The molecule has 158 valence electrons. The van der Waals surface area contributed by atoms with Gasteiger partial charge in [0.15, 0.2) is 11.5 Å². The number of hydrogen-bond acceptors (Lipinski definition) is 6. The number of hydrazine groups is 1. The summed E-state index contributed by atoms with van der Waals surface area (Å²) in [6.07, 6.45) is 3.32. The van der Waals surface area contributed by atoms with E-state index in [2.05, 4.69) is 15.8 Å². The molecule has 2 amide bonds. The van der Waals surface area contributed by atoms with Gasteiger partial charge >= 0.3 is 0 Å². The predicted molar refractivity (Wildman–Crippen MR) is 107 cm³/mol. The van der Waals surface area contributed by atoms with Gasteiger partial charge in [-0.3, -0.25) is 15.0 Å². The highest BCUT2D eigenvalue weighted by molar-refractivity contribution is 5.84. The van der Waals surface area contributed by atoms with Crippen LogP contribution in [0.3, 0.4) is 0 Å². The van der Waals surface area contributed by atoms with Crippen molar-refractivity contribution in [2.75, 3.05) is 27.8 Å². The van der Waals surface area contributed by atoms with Crippen LogP contribution < -0.4 is 20.2 Å². The van der Waals surface area contributed by atoms with Crippen LogP contribution in [0.2, 0.25) is 0 Å². The fourth-order valence-electron chi connectivity index (χ4n) is 5.00. The maximum atomic E-state index is 12.8. The third kappa shape index (κ3) is 3.67. The van der Waals surface area contributed by atoms with Crippen LogP contribution in [0.4, 0.5) is 0 Å². The van der Waals surface area contributed by atoms with Crippen molar-refractivity contribution in [1.29, 1.82) is 0 Å². The topological polar surface area (TPSA) is 83.1 Å². The Kier molecular flexibility index (Phi) is 5.65. The largest absolute Gasteiger partial charge is 0.493 e. The lowest BCUT2D eigenvalue weighted by Crippen LogP contribution is -2.67. The number of likely N-dealkylation sites (N-methyl/N-ethyl adjacent to an activating group) is 1. The van der Waals surface area contributed by atoms with Crippen LogP contribution in [0.15, 0.2) is 18.2 Å². The van der Waals surface area contributed by atoms with Crippen molar-refractivity contribution in [3.05, 3.63) is 23.8 Å². The zero-order chi connectivity index (χ0) is 20.5. The van der Waals surface area contributed by atoms with Gasteiger partial charge < -0.3 is 19.7 Å². The van der Waals surface area contributed by atoms with Gasteiger partial charge in [-0.1, -0.05) is 6.07 Å². The number of amides is 2. The number of rotatable bonds is 5. The third-order valence-electron chi connectivity index (χ3n) is 6.60. The summed E-state index contributed by atoms with van der Waals surface area (Å²) in [6.45, 7) is 1.29. The lowest BCUT2D eigenvalue weighted by Gasteiger charge is -2.50. The predicted octanol–water partition coefficient (Wildman–Crippen LogP) is 0.908. The van der Waals surface area contributed by atoms with E-state index in [1.54, 1.807) is 14.2 Å². The number of benzene rings is 1. The second-order valence-electron chi connectivity index (χ2n) is 8.12. The molecule has 2 aliphatic heterocycles. The monoisotopic (exact) mass is 402 g/mol. The molecule has 1 saturated carbocycles. The maximum Gasteiger partial charge on any atom is 0.241 e. The van der Waals surface area contributed by atoms with Crippen LogP contribution in [-0.4, -0.2) is 67.7 Å². The molecule has 0 bridgehead atoms. The van der Waals surface area contributed by atoms with Crippen LogP contribution in [0.5, 0.6) is 11.5 Å². The summed E-state index contributed by atoms with van der Waals surface area (Å²) in [7, 11) is 5.09. The Morgan fingerprint density at radius 2 is 1.97 bits per heavy atom. The molecule has 4 atom stereocenters. The molecule has 0 aromatic heterocycles. The first-order valence-electron chi connectivity index (χ1n) is 10.3. The number of carbonyl (C=O) groups is 2. The molecule has 8 heteroatoms. The number of fused-ring (bicyclic) bond motifs is 3. The van der Waals surface area contributed by atoms with Crippen molar-refractivity contribution in [3.63, 3.8) is 0 Å². The minimum Gasteiger partial charge on any atom is -0.493 e. The highest BCUT2D eigenvalue weighted by Gasteiger charge is 2.50. The smallest absolute Gasteiger partial charge is 0.241 e. The fraction of sp³-hybridized carbons (Fsp3) is 0.619. The Balaban J connectivity index is 1.38. The van der Waals surface area contributed by atoms with Crippen LogP contribution in [0, 0.1) is 5.92 Å². The van der Waals surface area contributed by atoms with E-state index in [-0.39, 0.29) is 29.8 Å². The summed E-state index contributed by atoms with van der Waals surface area (Å²) in [5, 5.41) is 5.21. The Morgan fingerprint density at radius 1 is 1.17 bits per heavy atom. The summed E-state index contributed by atoms with van der Waals surface area (Å²) in [5.41, 5.74) is 4.34. The van der Waals surface area contributed by atoms with E-state index in [1.165, 1.54) is 0 Å². The molecule has 2 N–H and O–H groups in total. The lowest BCUT2D eigenvalue weighted by atomic mass is 9.79. The molecule has 8 nitrogen and oxygen atoms in total. The zero-order valence-electron chi connectivity index (χ0n) is 17.3. The van der Waals surface area contributed by atoms with Gasteiger partial charge in [0, 0.05) is 38.1 Å². The second-order valence-corrected chi connectivity index (χ2v) is 8.12. The van der Waals surface area contributed by atoms with E-state index in [0.29, 0.717) is 30.5 Å². The van der Waals surface area contributed by atoms with E-state index in [0.717, 1.165) is 31.4 Å². The molecule has 1 aromatic carbocycles. The first-order valence-corrected chi connectivity index (χ1v) is 10.3. The van der Waals surface area contributed by atoms with Gasteiger partial charge in [-0.2, -0.15) is 0 Å². The van der Waals surface area contributed by atoms with Crippen molar-refractivity contribution < 1.29 is 19.1 Å². The van der Waals surface area contributed by atoms with Crippen molar-refractivity contribution in [2.45, 2.75) is 50.4 Å². The number of nitrogens with one attached hydrogen (secondary N) is 2. The number of carbonyl (C=O) groups excluding carboxylic acids is 2. The Hall–Kier alpha value is -2.32. The molecule has 1 aromatic rings. The Morgan fingerprint density at radius 3 is 2.72 bits per heavy atom. The molecule has 0 radical (unpaired) electrons. The summed E-state index contributed by atoms with van der Waals surface area (Å²) < 4.78 is 10.6. The average molecular weight is 402 g/mol. The maximum absolute atomic E-state index is 12.8. The average Bonchev–Trinajstić information content (AvgIpc) is 3.25. The molecule has 3 fully saturated rings. The van der Waals surface area contributed by atoms with Crippen LogP contribution in [-0.2, 0) is 16.1 Å². The third-order valence-corrected chi connectivity index (χ3v) is 6.60. The number of hydrogen-bond donors (Lipinski definition) is 2. The molecule has 4 rings (SSSR count). The van der Waals surface area contributed by atoms with E-state index in [9.17, 15) is 9.59 Å². The van der Waals surface area contributed by atoms with Gasteiger partial charge in [0.1, 0.15) is 6.04 Å². The zero-order valence-corrected chi connectivity index (χ0v) is 17.3. The minimum absolute atomic E-state index is 0.0447. The molecule has 1 aliphatic carbocycles. The lowest BCUT2D eigenvalue weighted by molar-refractivity contribution is -0.153. The quantitative estimate of drug-likeness (QED) is 0.762. The van der Waals surface area contributed by atoms with Crippen LogP contribution in [0.25, 0.3) is 0 Å². The highest BCUT2D eigenvalue weighted by Crippen LogP contribution is 2.36. The molecule has 3 aliphatic rings. The number of piperazine rings is 1. The fourth-order valence-corrected chi connectivity index (χ4v) is 5.00. The number of methoxy groups -OCH3 is 2. The van der Waals surface area contributed by atoms with Gasteiger partial charge in [0.05, 0.1) is 14.2 Å². The molecule has 2 saturated heterocycles. The summed E-state index contributed by atoms with van der Waals surface area (Å²) in [6, 6.07) is 5.97. The van der Waals surface area contributed by atoms with E-state index in [1.807, 2.05) is 30.1 Å². The van der Waals surface area contributed by atoms with Crippen molar-refractivity contribution in [1.82, 2.24) is 20.7 Å². The normalized spacial score (nSPS) is 29.2.